The number of hydrogen-bond donors (Lipinski definition) is 1. The molecule has 1 aromatic carbocycles. The van der Waals surface area contributed by atoms with E-state index in [1.165, 1.54) is 5.56 Å². The summed E-state index contributed by atoms with van der Waals surface area (Å²) in [7, 11) is 0. The first-order chi connectivity index (χ1) is 7.79. The minimum absolute atomic E-state index is 0.278. The predicted octanol–water partition coefficient (Wildman–Crippen LogP) is 3.81. The maximum atomic E-state index is 9.74. The van der Waals surface area contributed by atoms with Crippen LogP contribution in [0.5, 0.6) is 5.75 Å². The molecule has 1 heterocycles. The number of phenols is 1. The van der Waals surface area contributed by atoms with Crippen molar-refractivity contribution in [3.63, 3.8) is 0 Å². The second kappa shape index (κ2) is 5.64. The summed E-state index contributed by atoms with van der Waals surface area (Å²) in [6, 6.07) is 5.71. The number of rotatable bonds is 3. The Hall–Kier alpha value is -0.610. The molecule has 16 heavy (non-hydrogen) atoms. The maximum absolute atomic E-state index is 9.74. The molecular weight excluding hydrogens is 238 g/mol. The first kappa shape index (κ1) is 11.9. The molecular formula is C12H15NOS2. The smallest absolute Gasteiger partial charge is 0.141 e. The molecule has 1 aromatic rings. The molecule has 0 spiro atoms. The molecule has 2 nitrogen and oxygen atoms in total. The quantitative estimate of drug-likeness (QED) is 0.889. The summed E-state index contributed by atoms with van der Waals surface area (Å²) in [5.74, 6) is 2.53. The fourth-order valence-corrected chi connectivity index (χ4v) is 3.74. The van der Waals surface area contributed by atoms with Crippen molar-refractivity contribution < 1.29 is 5.11 Å². The van der Waals surface area contributed by atoms with Gasteiger partial charge in [-0.15, -0.1) is 0 Å². The van der Waals surface area contributed by atoms with E-state index in [1.54, 1.807) is 29.6 Å². The molecule has 4 heteroatoms. The van der Waals surface area contributed by atoms with Crippen LogP contribution in [0.3, 0.4) is 0 Å². The standard InChI is InChI=1S/C12H15NOS2/c1-2-3-9-4-5-11(14)10(8-9)13-12-15-6-7-16-12/h4-5,8,14H,2-3,6-7H2,1H3. The van der Waals surface area contributed by atoms with E-state index in [4.69, 9.17) is 0 Å². The average molecular weight is 253 g/mol. The van der Waals surface area contributed by atoms with E-state index >= 15 is 0 Å². The normalized spacial score (nSPS) is 15.4. The number of aryl methyl sites for hydroxylation is 1. The Labute approximate surface area is 105 Å². The summed E-state index contributed by atoms with van der Waals surface area (Å²) >= 11 is 3.53. The lowest BCUT2D eigenvalue weighted by atomic mass is 10.1. The van der Waals surface area contributed by atoms with Crippen LogP contribution >= 0.6 is 23.5 Å². The zero-order valence-electron chi connectivity index (χ0n) is 9.27. The molecule has 0 amide bonds. The molecule has 1 aliphatic rings. The number of benzene rings is 1. The second-order valence-electron chi connectivity index (χ2n) is 3.65. The second-order valence-corrected chi connectivity index (χ2v) is 6.07. The van der Waals surface area contributed by atoms with Crippen LogP contribution in [0.2, 0.25) is 0 Å². The highest BCUT2D eigenvalue weighted by Crippen LogP contribution is 2.33. The van der Waals surface area contributed by atoms with Gasteiger partial charge in [0.2, 0.25) is 0 Å². The lowest BCUT2D eigenvalue weighted by Crippen LogP contribution is -1.83. The number of aromatic hydroxyl groups is 1. The van der Waals surface area contributed by atoms with E-state index in [9.17, 15) is 5.11 Å². The van der Waals surface area contributed by atoms with E-state index in [1.807, 2.05) is 12.1 Å². The largest absolute Gasteiger partial charge is 0.506 e. The van der Waals surface area contributed by atoms with Crippen molar-refractivity contribution in [2.24, 2.45) is 4.99 Å². The first-order valence-corrected chi connectivity index (χ1v) is 7.43. The summed E-state index contributed by atoms with van der Waals surface area (Å²) in [4.78, 5) is 4.49. The molecule has 0 bridgehead atoms. The van der Waals surface area contributed by atoms with Crippen molar-refractivity contribution >= 4 is 33.6 Å². The highest BCUT2D eigenvalue weighted by atomic mass is 32.2. The molecule has 1 saturated heterocycles. The molecule has 2 rings (SSSR count). The van der Waals surface area contributed by atoms with Crippen molar-refractivity contribution in [3.8, 4) is 5.75 Å². The van der Waals surface area contributed by atoms with Gasteiger partial charge >= 0.3 is 0 Å². The molecule has 1 fully saturated rings. The monoisotopic (exact) mass is 253 g/mol. The summed E-state index contributed by atoms with van der Waals surface area (Å²) in [5, 5.41) is 9.74. The molecule has 0 saturated carbocycles. The molecule has 0 unspecified atom stereocenters. The molecule has 1 aliphatic heterocycles. The highest BCUT2D eigenvalue weighted by Gasteiger charge is 2.11. The third kappa shape index (κ3) is 2.95. The molecule has 0 atom stereocenters. The van der Waals surface area contributed by atoms with Gasteiger partial charge in [-0.05, 0) is 24.1 Å². The Morgan fingerprint density at radius 3 is 2.75 bits per heavy atom. The van der Waals surface area contributed by atoms with E-state index in [-0.39, 0.29) is 5.75 Å². The van der Waals surface area contributed by atoms with Crippen LogP contribution in [0.25, 0.3) is 0 Å². The van der Waals surface area contributed by atoms with Gasteiger partial charge in [-0.1, -0.05) is 42.9 Å². The van der Waals surface area contributed by atoms with Crippen molar-refractivity contribution in [2.45, 2.75) is 19.8 Å². The third-order valence-corrected chi connectivity index (χ3v) is 4.78. The van der Waals surface area contributed by atoms with Gasteiger partial charge in [-0.3, -0.25) is 0 Å². The molecule has 0 radical (unpaired) electrons. The van der Waals surface area contributed by atoms with E-state index in [0.29, 0.717) is 5.69 Å². The summed E-state index contributed by atoms with van der Waals surface area (Å²) < 4.78 is 1.07. The number of thioether (sulfide) groups is 2. The average Bonchev–Trinajstić information content (AvgIpc) is 2.76. The Bertz CT molecular complexity index is 396. The van der Waals surface area contributed by atoms with Crippen LogP contribution in [0.1, 0.15) is 18.9 Å². The first-order valence-electron chi connectivity index (χ1n) is 5.46. The van der Waals surface area contributed by atoms with Crippen LogP contribution in [-0.2, 0) is 6.42 Å². The van der Waals surface area contributed by atoms with Crippen molar-refractivity contribution in [1.29, 1.82) is 0 Å². The summed E-state index contributed by atoms with van der Waals surface area (Å²) in [6.45, 7) is 2.15. The molecule has 0 aliphatic carbocycles. The topological polar surface area (TPSA) is 32.6 Å². The Morgan fingerprint density at radius 1 is 1.31 bits per heavy atom. The zero-order chi connectivity index (χ0) is 11.4. The Kier molecular flexibility index (Phi) is 4.18. The summed E-state index contributed by atoms with van der Waals surface area (Å²) in [6.07, 6.45) is 2.16. The van der Waals surface area contributed by atoms with Gasteiger partial charge in [0.25, 0.3) is 0 Å². The third-order valence-electron chi connectivity index (χ3n) is 2.32. The van der Waals surface area contributed by atoms with Gasteiger partial charge in [0, 0.05) is 11.5 Å². The van der Waals surface area contributed by atoms with E-state index in [2.05, 4.69) is 11.9 Å². The molecule has 1 N–H and O–H groups in total. The Morgan fingerprint density at radius 2 is 2.06 bits per heavy atom. The van der Waals surface area contributed by atoms with Gasteiger partial charge in [0.1, 0.15) is 15.8 Å². The van der Waals surface area contributed by atoms with Gasteiger partial charge in [0.15, 0.2) is 0 Å². The maximum Gasteiger partial charge on any atom is 0.141 e. The van der Waals surface area contributed by atoms with Crippen LogP contribution < -0.4 is 0 Å². The minimum Gasteiger partial charge on any atom is -0.506 e. The lowest BCUT2D eigenvalue weighted by Gasteiger charge is -2.03. The predicted molar refractivity (Wildman–Crippen MR) is 74.1 cm³/mol. The fourth-order valence-electron chi connectivity index (χ4n) is 1.57. The minimum atomic E-state index is 0.278. The Balaban J connectivity index is 2.24. The fraction of sp³-hybridized carbons (Fsp3) is 0.417. The zero-order valence-corrected chi connectivity index (χ0v) is 10.9. The van der Waals surface area contributed by atoms with Crippen LogP contribution in [-0.4, -0.2) is 21.0 Å². The van der Waals surface area contributed by atoms with Crippen molar-refractivity contribution in [3.05, 3.63) is 23.8 Å². The van der Waals surface area contributed by atoms with Crippen LogP contribution in [0.15, 0.2) is 23.2 Å². The number of nitrogens with zero attached hydrogens (tertiary/aromatic N) is 1. The van der Waals surface area contributed by atoms with E-state index in [0.717, 1.165) is 28.7 Å². The molecule has 0 aromatic heterocycles. The summed E-state index contributed by atoms with van der Waals surface area (Å²) in [5.41, 5.74) is 1.95. The van der Waals surface area contributed by atoms with Crippen LogP contribution in [0.4, 0.5) is 5.69 Å². The van der Waals surface area contributed by atoms with Gasteiger partial charge in [-0.2, -0.15) is 0 Å². The number of hydrogen-bond acceptors (Lipinski definition) is 4. The molecule has 86 valence electrons. The van der Waals surface area contributed by atoms with Gasteiger partial charge in [0.05, 0.1) is 0 Å². The highest BCUT2D eigenvalue weighted by molar-refractivity contribution is 8.41. The lowest BCUT2D eigenvalue weighted by molar-refractivity contribution is 0.476. The van der Waals surface area contributed by atoms with Gasteiger partial charge in [-0.25, -0.2) is 4.99 Å². The number of aliphatic imine (C=N–C) groups is 1. The van der Waals surface area contributed by atoms with Crippen LogP contribution in [0, 0.1) is 0 Å². The SMILES string of the molecule is CCCc1ccc(O)c(N=C2SCCS2)c1. The van der Waals surface area contributed by atoms with Gasteiger partial charge < -0.3 is 5.11 Å². The van der Waals surface area contributed by atoms with Crippen molar-refractivity contribution in [1.82, 2.24) is 0 Å². The number of phenolic OH excluding ortho intramolecular Hbond substituents is 1. The van der Waals surface area contributed by atoms with Crippen molar-refractivity contribution in [2.75, 3.05) is 11.5 Å². The van der Waals surface area contributed by atoms with E-state index < -0.39 is 0 Å².